The van der Waals surface area contributed by atoms with Gasteiger partial charge in [-0.3, -0.25) is 0 Å². The van der Waals surface area contributed by atoms with E-state index in [4.69, 9.17) is 5.26 Å². The second kappa shape index (κ2) is 3.78. The molecule has 0 amide bonds. The maximum Gasteiger partial charge on any atom is 0.0628 e. The van der Waals surface area contributed by atoms with Crippen LogP contribution >= 0.6 is 0 Å². The molecule has 1 heteroatoms. The lowest BCUT2D eigenvalue weighted by atomic mass is 9.99. The molecule has 1 atom stereocenters. The van der Waals surface area contributed by atoms with Crippen LogP contribution in [0.25, 0.3) is 0 Å². The molecule has 11 heavy (non-hydrogen) atoms. The summed E-state index contributed by atoms with van der Waals surface area (Å²) in [5.41, 5.74) is 1.21. The van der Waals surface area contributed by atoms with Gasteiger partial charge in [-0.1, -0.05) is 31.2 Å². The highest BCUT2D eigenvalue weighted by Crippen LogP contribution is 2.16. The highest BCUT2D eigenvalue weighted by Gasteiger charge is 2.01. The van der Waals surface area contributed by atoms with Crippen molar-refractivity contribution >= 4 is 0 Å². The Labute approximate surface area is 67.3 Å². The summed E-state index contributed by atoms with van der Waals surface area (Å²) in [4.78, 5) is 0. The van der Waals surface area contributed by atoms with Crippen LogP contribution in [-0.2, 0) is 0 Å². The summed E-state index contributed by atoms with van der Waals surface area (Å²) in [7, 11) is 0. The van der Waals surface area contributed by atoms with E-state index in [1.165, 1.54) is 5.56 Å². The fourth-order valence-electron chi connectivity index (χ4n) is 0.983. The Bertz CT molecular complexity index is 245. The van der Waals surface area contributed by atoms with Gasteiger partial charge in [0.25, 0.3) is 0 Å². The molecule has 1 aromatic carbocycles. The van der Waals surface area contributed by atoms with E-state index in [1.54, 1.807) is 0 Å². The summed E-state index contributed by atoms with van der Waals surface area (Å²) in [6.45, 7) is 2.05. The first kappa shape index (κ1) is 7.81. The number of hydrogen-bond acceptors (Lipinski definition) is 1. The van der Waals surface area contributed by atoms with Gasteiger partial charge in [0.1, 0.15) is 0 Å². The van der Waals surface area contributed by atoms with Gasteiger partial charge in [0.15, 0.2) is 0 Å². The summed E-state index contributed by atoms with van der Waals surface area (Å²) in [6, 6.07) is 12.9. The second-order valence-electron chi connectivity index (χ2n) is 2.60. The van der Waals surface area contributed by atoms with Crippen LogP contribution in [0.1, 0.15) is 24.8 Å². The largest absolute Gasteiger partial charge is 0.198 e. The quantitative estimate of drug-likeness (QED) is 0.625. The van der Waals surface area contributed by atoms with E-state index in [2.05, 4.69) is 19.1 Å². The summed E-state index contributed by atoms with van der Waals surface area (Å²) >= 11 is 0. The van der Waals surface area contributed by atoms with Crippen molar-refractivity contribution in [1.29, 1.82) is 5.26 Å². The predicted octanol–water partition coefficient (Wildman–Crippen LogP) is 2.50. The zero-order valence-corrected chi connectivity index (χ0v) is 6.54. The lowest BCUT2D eigenvalue weighted by Crippen LogP contribution is -1.90. The standard InChI is InChI=1S/C10H10N/c1-9(7-8-11)10-5-3-2-4-6-10/h3-6,9H,7H2,1H3. The van der Waals surface area contributed by atoms with E-state index in [-0.39, 0.29) is 0 Å². The minimum Gasteiger partial charge on any atom is -0.198 e. The van der Waals surface area contributed by atoms with E-state index in [9.17, 15) is 0 Å². The average Bonchev–Trinajstić information content (AvgIpc) is 2.07. The third-order valence-corrected chi connectivity index (χ3v) is 1.71. The highest BCUT2D eigenvalue weighted by molar-refractivity contribution is 5.18. The molecule has 1 aromatic rings. The van der Waals surface area contributed by atoms with E-state index in [0.29, 0.717) is 12.3 Å². The normalized spacial score (nSPS) is 12.0. The van der Waals surface area contributed by atoms with Gasteiger partial charge < -0.3 is 0 Å². The topological polar surface area (TPSA) is 23.8 Å². The van der Waals surface area contributed by atoms with E-state index < -0.39 is 0 Å². The van der Waals surface area contributed by atoms with Crippen molar-refractivity contribution in [2.75, 3.05) is 0 Å². The molecule has 0 N–H and O–H groups in total. The van der Waals surface area contributed by atoms with Crippen molar-refractivity contribution in [3.8, 4) is 6.07 Å². The first-order chi connectivity index (χ1) is 5.34. The monoisotopic (exact) mass is 144 g/mol. The Morgan fingerprint density at radius 3 is 2.73 bits per heavy atom. The summed E-state index contributed by atoms with van der Waals surface area (Å²) in [5, 5.41) is 8.44. The van der Waals surface area contributed by atoms with Gasteiger partial charge in [-0.15, -0.1) is 0 Å². The number of hydrogen-bond donors (Lipinski definition) is 0. The maximum atomic E-state index is 8.44. The SMILES string of the molecule is CC(CC#N)c1cc[c]cc1. The average molecular weight is 144 g/mol. The van der Waals surface area contributed by atoms with Crippen molar-refractivity contribution in [2.24, 2.45) is 0 Å². The van der Waals surface area contributed by atoms with E-state index >= 15 is 0 Å². The van der Waals surface area contributed by atoms with Gasteiger partial charge in [-0.25, -0.2) is 0 Å². The number of benzene rings is 1. The molecule has 0 aliphatic carbocycles. The molecule has 1 radical (unpaired) electrons. The molecule has 0 saturated heterocycles. The van der Waals surface area contributed by atoms with Gasteiger partial charge >= 0.3 is 0 Å². The van der Waals surface area contributed by atoms with Gasteiger partial charge in [0.2, 0.25) is 0 Å². The first-order valence-electron chi connectivity index (χ1n) is 3.67. The minimum atomic E-state index is 0.342. The molecule has 0 spiro atoms. The Morgan fingerprint density at radius 1 is 1.55 bits per heavy atom. The van der Waals surface area contributed by atoms with Crippen LogP contribution in [-0.4, -0.2) is 0 Å². The van der Waals surface area contributed by atoms with E-state index in [1.807, 2.05) is 24.3 Å². The van der Waals surface area contributed by atoms with Gasteiger partial charge in [0, 0.05) is 6.42 Å². The number of rotatable bonds is 2. The lowest BCUT2D eigenvalue weighted by Gasteiger charge is -2.05. The molecular formula is C10H10N. The van der Waals surface area contributed by atoms with Crippen LogP contribution < -0.4 is 0 Å². The van der Waals surface area contributed by atoms with Crippen LogP contribution in [0.15, 0.2) is 24.3 Å². The molecule has 0 saturated carbocycles. The molecule has 0 aliphatic rings. The van der Waals surface area contributed by atoms with Crippen molar-refractivity contribution in [3.05, 3.63) is 35.9 Å². The maximum absolute atomic E-state index is 8.44. The van der Waals surface area contributed by atoms with Crippen molar-refractivity contribution in [3.63, 3.8) is 0 Å². The van der Waals surface area contributed by atoms with Crippen LogP contribution in [0.4, 0.5) is 0 Å². The Hall–Kier alpha value is -1.29. The molecule has 0 fully saturated rings. The molecule has 0 aromatic heterocycles. The molecular weight excluding hydrogens is 134 g/mol. The summed E-state index contributed by atoms with van der Waals surface area (Å²) in [5.74, 6) is 0.342. The Balaban J connectivity index is 2.70. The Kier molecular flexibility index (Phi) is 2.68. The van der Waals surface area contributed by atoms with Crippen LogP contribution in [0, 0.1) is 17.4 Å². The summed E-state index contributed by atoms with van der Waals surface area (Å²) < 4.78 is 0. The van der Waals surface area contributed by atoms with Crippen LogP contribution in [0.5, 0.6) is 0 Å². The molecule has 1 nitrogen and oxygen atoms in total. The fourth-order valence-corrected chi connectivity index (χ4v) is 0.983. The smallest absolute Gasteiger partial charge is 0.0628 e. The number of nitrogens with zero attached hydrogens (tertiary/aromatic N) is 1. The van der Waals surface area contributed by atoms with Crippen LogP contribution in [0.3, 0.4) is 0 Å². The van der Waals surface area contributed by atoms with Crippen molar-refractivity contribution < 1.29 is 0 Å². The number of nitriles is 1. The van der Waals surface area contributed by atoms with Gasteiger partial charge in [-0.05, 0) is 17.5 Å². The molecule has 0 aliphatic heterocycles. The zero-order chi connectivity index (χ0) is 8.10. The van der Waals surface area contributed by atoms with Gasteiger partial charge in [-0.2, -0.15) is 5.26 Å². The second-order valence-corrected chi connectivity index (χ2v) is 2.60. The minimum absolute atomic E-state index is 0.342. The van der Waals surface area contributed by atoms with Crippen LogP contribution in [0.2, 0.25) is 0 Å². The Morgan fingerprint density at radius 2 is 2.18 bits per heavy atom. The molecule has 0 bridgehead atoms. The molecule has 55 valence electrons. The first-order valence-corrected chi connectivity index (χ1v) is 3.67. The summed E-state index contributed by atoms with van der Waals surface area (Å²) in [6.07, 6.45) is 0.587. The van der Waals surface area contributed by atoms with Crippen molar-refractivity contribution in [1.82, 2.24) is 0 Å². The third kappa shape index (κ3) is 2.09. The fraction of sp³-hybridized carbons (Fsp3) is 0.300. The van der Waals surface area contributed by atoms with Gasteiger partial charge in [0.05, 0.1) is 6.07 Å². The van der Waals surface area contributed by atoms with E-state index in [0.717, 1.165) is 0 Å². The lowest BCUT2D eigenvalue weighted by molar-refractivity contribution is 0.789. The molecule has 1 unspecified atom stereocenters. The predicted molar refractivity (Wildman–Crippen MR) is 43.9 cm³/mol. The zero-order valence-electron chi connectivity index (χ0n) is 6.54. The molecule has 1 rings (SSSR count). The third-order valence-electron chi connectivity index (χ3n) is 1.71. The van der Waals surface area contributed by atoms with Crippen molar-refractivity contribution in [2.45, 2.75) is 19.3 Å². The molecule has 0 heterocycles. The highest BCUT2D eigenvalue weighted by atomic mass is 14.2.